The van der Waals surface area contributed by atoms with E-state index in [1.54, 1.807) is 0 Å². The van der Waals surface area contributed by atoms with Gasteiger partial charge in [0.15, 0.2) is 5.43 Å². The van der Waals surface area contributed by atoms with E-state index in [0.717, 1.165) is 17.6 Å². The Balaban J connectivity index is 2.80. The lowest BCUT2D eigenvalue weighted by Gasteiger charge is -2.16. The maximum atomic E-state index is 12.5. The molecule has 0 aromatic carbocycles. The molecule has 0 amide bonds. The molecule has 1 aromatic rings. The summed E-state index contributed by atoms with van der Waals surface area (Å²) in [5, 5.41) is 10.3. The van der Waals surface area contributed by atoms with Gasteiger partial charge in [-0.3, -0.25) is 4.79 Å². The highest BCUT2D eigenvalue weighted by Crippen LogP contribution is 2.21. The van der Waals surface area contributed by atoms with Crippen molar-refractivity contribution < 1.29 is 14.3 Å². The zero-order chi connectivity index (χ0) is 22.8. The summed E-state index contributed by atoms with van der Waals surface area (Å²) < 4.78 is 11.1. The number of hydrogen-bond donors (Lipinski definition) is 1. The van der Waals surface area contributed by atoms with Crippen LogP contribution in [0.5, 0.6) is 5.95 Å². The molecule has 0 aliphatic heterocycles. The molecule has 166 valence electrons. The smallest absolute Gasteiger partial charge is 0.291 e. The van der Waals surface area contributed by atoms with Crippen LogP contribution in [-0.4, -0.2) is 18.3 Å². The van der Waals surface area contributed by atoms with Crippen LogP contribution in [0, 0.1) is 12.8 Å². The monoisotopic (exact) mass is 414 g/mol. The Morgan fingerprint density at radius 3 is 2.50 bits per heavy atom. The first-order chi connectivity index (χ1) is 14.2. The van der Waals surface area contributed by atoms with Crippen LogP contribution in [0.3, 0.4) is 0 Å². The first-order valence-corrected chi connectivity index (χ1v) is 10.7. The van der Waals surface area contributed by atoms with E-state index in [0.29, 0.717) is 35.7 Å². The van der Waals surface area contributed by atoms with Crippen LogP contribution in [0.1, 0.15) is 64.9 Å². The van der Waals surface area contributed by atoms with Gasteiger partial charge in [0.05, 0.1) is 18.8 Å². The third-order valence-corrected chi connectivity index (χ3v) is 5.44. The summed E-state index contributed by atoms with van der Waals surface area (Å²) in [6.45, 7) is 13.8. The van der Waals surface area contributed by atoms with Gasteiger partial charge in [-0.25, -0.2) is 0 Å². The van der Waals surface area contributed by atoms with Crippen molar-refractivity contribution in [3.8, 4) is 5.95 Å². The number of allylic oxidation sites excluding steroid dienone is 6. The first kappa shape index (κ1) is 25.7. The molecule has 30 heavy (non-hydrogen) atoms. The lowest BCUT2D eigenvalue weighted by atomic mass is 9.96. The molecule has 1 N–H and O–H groups in total. The minimum absolute atomic E-state index is 0.00627. The van der Waals surface area contributed by atoms with Gasteiger partial charge in [-0.2, -0.15) is 0 Å². The van der Waals surface area contributed by atoms with Crippen molar-refractivity contribution in [2.45, 2.75) is 73.8 Å². The van der Waals surface area contributed by atoms with Crippen molar-refractivity contribution in [1.29, 1.82) is 0 Å². The van der Waals surface area contributed by atoms with E-state index in [1.807, 2.05) is 47.6 Å². The molecule has 0 aliphatic rings. The van der Waals surface area contributed by atoms with Gasteiger partial charge in [-0.05, 0) is 53.0 Å². The second-order valence-electron chi connectivity index (χ2n) is 7.91. The van der Waals surface area contributed by atoms with Gasteiger partial charge in [0.25, 0.3) is 5.95 Å². The van der Waals surface area contributed by atoms with Crippen LogP contribution in [0.4, 0.5) is 0 Å². The quantitative estimate of drug-likeness (QED) is 0.384. The highest BCUT2D eigenvalue weighted by Gasteiger charge is 2.15. The summed E-state index contributed by atoms with van der Waals surface area (Å²) in [5.74, 6) is 1.03. The summed E-state index contributed by atoms with van der Waals surface area (Å²) in [6, 6.07) is 0. The van der Waals surface area contributed by atoms with Crippen LogP contribution in [0.15, 0.2) is 56.3 Å². The summed E-state index contributed by atoms with van der Waals surface area (Å²) in [7, 11) is 1.53. The molecule has 0 saturated heterocycles. The highest BCUT2D eigenvalue weighted by atomic mass is 16.6. The van der Waals surface area contributed by atoms with Crippen molar-refractivity contribution in [1.82, 2.24) is 0 Å². The van der Waals surface area contributed by atoms with Gasteiger partial charge in [0.1, 0.15) is 5.76 Å². The number of aliphatic hydroxyl groups is 1. The molecule has 0 bridgehead atoms. The Morgan fingerprint density at radius 1 is 1.27 bits per heavy atom. The van der Waals surface area contributed by atoms with Gasteiger partial charge in [-0.15, -0.1) is 0 Å². The third-order valence-electron chi connectivity index (χ3n) is 5.44. The average Bonchev–Trinajstić information content (AvgIpc) is 2.73. The lowest BCUT2D eigenvalue weighted by Crippen LogP contribution is -2.17. The number of rotatable bonds is 10. The van der Waals surface area contributed by atoms with Gasteiger partial charge in [-0.1, -0.05) is 55.4 Å². The number of ether oxygens (including phenoxy) is 1. The van der Waals surface area contributed by atoms with Crippen LogP contribution < -0.4 is 10.2 Å². The molecule has 0 aliphatic carbocycles. The van der Waals surface area contributed by atoms with Gasteiger partial charge < -0.3 is 14.3 Å². The second kappa shape index (κ2) is 12.4. The molecule has 4 heteroatoms. The molecule has 2 atom stereocenters. The van der Waals surface area contributed by atoms with E-state index in [-0.39, 0.29) is 11.3 Å². The van der Waals surface area contributed by atoms with E-state index >= 15 is 0 Å². The van der Waals surface area contributed by atoms with E-state index in [1.165, 1.54) is 12.7 Å². The number of hydrogen-bond acceptors (Lipinski definition) is 4. The Morgan fingerprint density at radius 2 is 1.93 bits per heavy atom. The minimum Gasteiger partial charge on any atom is -0.468 e. The van der Waals surface area contributed by atoms with Gasteiger partial charge in [0, 0.05) is 17.9 Å². The van der Waals surface area contributed by atoms with E-state index in [4.69, 9.17) is 9.15 Å². The Hall–Kier alpha value is -2.33. The minimum atomic E-state index is -0.450. The number of methoxy groups -OCH3 is 1. The fraction of sp³-hybridized carbons (Fsp3) is 0.500. The van der Waals surface area contributed by atoms with Crippen molar-refractivity contribution >= 4 is 0 Å². The molecular weight excluding hydrogens is 376 g/mol. The van der Waals surface area contributed by atoms with Crippen LogP contribution in [0.25, 0.3) is 0 Å². The molecular formula is C26H38O4. The van der Waals surface area contributed by atoms with Crippen LogP contribution in [-0.2, 0) is 12.8 Å². The predicted octanol–water partition coefficient (Wildman–Crippen LogP) is 5.86. The zero-order valence-electron chi connectivity index (χ0n) is 19.8. The average molecular weight is 415 g/mol. The van der Waals surface area contributed by atoms with Crippen LogP contribution in [0.2, 0.25) is 0 Å². The Bertz CT molecular complexity index is 881. The third kappa shape index (κ3) is 7.17. The van der Waals surface area contributed by atoms with E-state index < -0.39 is 6.10 Å². The van der Waals surface area contributed by atoms with Crippen molar-refractivity contribution in [3.05, 3.63) is 74.2 Å². The molecule has 1 rings (SSSR count). The fourth-order valence-corrected chi connectivity index (χ4v) is 3.29. The molecule has 1 heterocycles. The second-order valence-corrected chi connectivity index (χ2v) is 7.91. The Kier molecular flexibility index (Phi) is 10.6. The predicted molar refractivity (Wildman–Crippen MR) is 125 cm³/mol. The highest BCUT2D eigenvalue weighted by molar-refractivity contribution is 5.31. The molecule has 0 radical (unpaired) electrons. The molecule has 1 aromatic heterocycles. The van der Waals surface area contributed by atoms with Gasteiger partial charge in [0.2, 0.25) is 0 Å². The molecule has 0 unspecified atom stereocenters. The number of aliphatic hydroxyl groups excluding tert-OH is 1. The maximum Gasteiger partial charge on any atom is 0.291 e. The molecule has 0 spiro atoms. The standard InChI is InChI=1S/C26H38O4/c1-9-19(5)24(27)20(6)16-18(4)13-11-12-17(3)14-15-23-21(7)25(28)22(10-2)26(29-8)30-23/h9,11,13-14,16,20,24,27H,10,12,15H2,1-8H3/b13-11+,17-14+,18-16+,19-9+/t20-,24+/m0/s1. The summed E-state index contributed by atoms with van der Waals surface area (Å²) >= 11 is 0. The van der Waals surface area contributed by atoms with E-state index in [9.17, 15) is 9.90 Å². The SMILES string of the molecule is C/C=C(\C)[C@@H](O)[C@@H](C)/C=C(C)/C=C/C/C(C)=C/Cc1oc(OC)c(CC)c(=O)c1C. The molecule has 0 fully saturated rings. The largest absolute Gasteiger partial charge is 0.468 e. The topological polar surface area (TPSA) is 59.7 Å². The fourth-order valence-electron chi connectivity index (χ4n) is 3.29. The summed E-state index contributed by atoms with van der Waals surface area (Å²) in [4.78, 5) is 12.5. The summed E-state index contributed by atoms with van der Waals surface area (Å²) in [5.41, 5.74) is 4.55. The summed E-state index contributed by atoms with van der Waals surface area (Å²) in [6.07, 6.45) is 11.8. The molecule has 0 saturated carbocycles. The van der Waals surface area contributed by atoms with Crippen molar-refractivity contribution in [3.63, 3.8) is 0 Å². The van der Waals surface area contributed by atoms with Crippen molar-refractivity contribution in [2.24, 2.45) is 5.92 Å². The zero-order valence-corrected chi connectivity index (χ0v) is 19.8. The molecule has 4 nitrogen and oxygen atoms in total. The lowest BCUT2D eigenvalue weighted by molar-refractivity contribution is 0.173. The van der Waals surface area contributed by atoms with Crippen molar-refractivity contribution in [2.75, 3.05) is 7.11 Å². The van der Waals surface area contributed by atoms with Crippen LogP contribution >= 0.6 is 0 Å². The van der Waals surface area contributed by atoms with Gasteiger partial charge >= 0.3 is 0 Å². The normalized spacial score (nSPS) is 15.6. The maximum absolute atomic E-state index is 12.5. The van der Waals surface area contributed by atoms with E-state index in [2.05, 4.69) is 31.2 Å². The first-order valence-electron chi connectivity index (χ1n) is 10.7. The Labute approximate surface area is 181 Å².